The topological polar surface area (TPSA) is 95.9 Å². The van der Waals surface area contributed by atoms with Crippen molar-refractivity contribution in [2.45, 2.75) is 431 Å². The van der Waals surface area contributed by atoms with Gasteiger partial charge in [-0.2, -0.15) is 0 Å². The fourth-order valence-corrected chi connectivity index (χ4v) is 11.7. The number of nitrogens with one attached hydrogen (secondary N) is 1. The maximum Gasteiger partial charge on any atom is 0.305 e. The largest absolute Gasteiger partial charge is 0.466 e. The number of carbonyl (C=O) groups is 2. The number of carbonyl (C=O) groups excluding carboxylic acids is 2. The number of aliphatic hydroxyl groups excluding tert-OH is 2. The van der Waals surface area contributed by atoms with Gasteiger partial charge in [-0.3, -0.25) is 9.59 Å². The summed E-state index contributed by atoms with van der Waals surface area (Å²) in [6.45, 7) is 5.01. The van der Waals surface area contributed by atoms with Crippen LogP contribution in [0.4, 0.5) is 0 Å². The summed E-state index contributed by atoms with van der Waals surface area (Å²) in [4.78, 5) is 24.6. The Morgan fingerprint density at radius 3 is 0.792 bits per heavy atom. The van der Waals surface area contributed by atoms with Crippen molar-refractivity contribution < 1.29 is 24.5 Å². The standard InChI is InChI=1S/C71H141NO5/c1-3-5-7-9-11-13-15-17-19-32-37-41-45-49-53-57-61-65-71(76)77-66-62-58-54-50-46-42-38-34-31-29-27-25-23-21-22-24-26-28-30-33-36-40-44-48-52-56-60-64-70(75)72-68(67-73)69(74)63-59-55-51-47-43-39-35-20-18-16-14-12-10-8-6-4-2/h68-69,73-74H,3-67H2,1-2H3,(H,72,75). The first kappa shape index (κ1) is 75.9. The molecular weight excluding hydrogens is 947 g/mol. The molecule has 0 saturated heterocycles. The molecule has 0 radical (unpaired) electrons. The summed E-state index contributed by atoms with van der Waals surface area (Å²) >= 11 is 0. The molecule has 0 bridgehead atoms. The summed E-state index contributed by atoms with van der Waals surface area (Å²) in [5.41, 5.74) is 0. The molecule has 0 aromatic carbocycles. The predicted octanol–water partition coefficient (Wildman–Crippen LogP) is 23.0. The van der Waals surface area contributed by atoms with Crippen molar-refractivity contribution in [2.24, 2.45) is 0 Å². The SMILES string of the molecule is CCCCCCCCCCCCCCCCCCCC(=O)OCCCCCCCCCCCCCCCCCCCCCCCCCCCCCC(=O)NC(CO)C(O)CCCCCCCCCCCCCCCCCC. The van der Waals surface area contributed by atoms with E-state index in [0.717, 1.165) is 38.5 Å². The number of esters is 1. The lowest BCUT2D eigenvalue weighted by atomic mass is 10.0. The van der Waals surface area contributed by atoms with Gasteiger partial charge in [0.15, 0.2) is 0 Å². The first-order chi connectivity index (χ1) is 38.0. The maximum atomic E-state index is 12.5. The highest BCUT2D eigenvalue weighted by atomic mass is 16.5. The third-order valence-electron chi connectivity index (χ3n) is 17.2. The van der Waals surface area contributed by atoms with Crippen molar-refractivity contribution in [1.29, 1.82) is 0 Å². The van der Waals surface area contributed by atoms with E-state index >= 15 is 0 Å². The van der Waals surface area contributed by atoms with Crippen LogP contribution in [0.3, 0.4) is 0 Å². The van der Waals surface area contributed by atoms with Gasteiger partial charge >= 0.3 is 5.97 Å². The Labute approximate surface area is 483 Å². The molecule has 0 aromatic rings. The lowest BCUT2D eigenvalue weighted by Gasteiger charge is -2.22. The van der Waals surface area contributed by atoms with Gasteiger partial charge in [0.1, 0.15) is 0 Å². The van der Waals surface area contributed by atoms with E-state index in [-0.39, 0.29) is 18.5 Å². The first-order valence-electron chi connectivity index (χ1n) is 35.8. The van der Waals surface area contributed by atoms with Crippen molar-refractivity contribution in [1.82, 2.24) is 5.32 Å². The molecule has 77 heavy (non-hydrogen) atoms. The highest BCUT2D eigenvalue weighted by molar-refractivity contribution is 5.76. The van der Waals surface area contributed by atoms with E-state index in [9.17, 15) is 19.8 Å². The molecule has 0 fully saturated rings. The summed E-state index contributed by atoms with van der Waals surface area (Å²) in [6, 6.07) is -0.538. The van der Waals surface area contributed by atoms with Gasteiger partial charge in [0.05, 0.1) is 25.4 Å². The van der Waals surface area contributed by atoms with E-state index < -0.39 is 12.1 Å². The molecule has 0 aliphatic rings. The number of rotatable bonds is 68. The Morgan fingerprint density at radius 1 is 0.312 bits per heavy atom. The zero-order valence-electron chi connectivity index (χ0n) is 52.7. The normalized spacial score (nSPS) is 12.4. The first-order valence-corrected chi connectivity index (χ1v) is 35.8. The number of unbranched alkanes of at least 4 members (excludes halogenated alkanes) is 57. The highest BCUT2D eigenvalue weighted by Crippen LogP contribution is 2.20. The molecule has 6 nitrogen and oxygen atoms in total. The van der Waals surface area contributed by atoms with Crippen LogP contribution < -0.4 is 5.32 Å². The van der Waals surface area contributed by atoms with Gasteiger partial charge in [-0.15, -0.1) is 0 Å². The molecule has 2 unspecified atom stereocenters. The molecule has 2 atom stereocenters. The van der Waals surface area contributed by atoms with Gasteiger partial charge in [-0.1, -0.05) is 380 Å². The van der Waals surface area contributed by atoms with Crippen LogP contribution in [0.15, 0.2) is 0 Å². The Morgan fingerprint density at radius 2 is 0.532 bits per heavy atom. The average molecular weight is 1090 g/mol. The molecule has 0 aliphatic carbocycles. The van der Waals surface area contributed by atoms with E-state index in [4.69, 9.17) is 4.74 Å². The number of ether oxygens (including phenoxy) is 1. The minimum absolute atomic E-state index is 0.0234. The molecule has 0 heterocycles. The van der Waals surface area contributed by atoms with Crippen LogP contribution in [0, 0.1) is 0 Å². The van der Waals surface area contributed by atoms with E-state index in [1.807, 2.05) is 0 Å². The van der Waals surface area contributed by atoms with E-state index in [1.54, 1.807) is 0 Å². The fraction of sp³-hybridized carbons (Fsp3) is 0.972. The molecular formula is C71H141NO5. The van der Waals surface area contributed by atoms with Gasteiger partial charge in [0.25, 0.3) is 0 Å². The smallest absolute Gasteiger partial charge is 0.305 e. The van der Waals surface area contributed by atoms with Crippen LogP contribution in [-0.2, 0) is 14.3 Å². The second kappa shape index (κ2) is 67.4. The second-order valence-electron chi connectivity index (χ2n) is 24.9. The molecule has 460 valence electrons. The molecule has 0 spiro atoms. The second-order valence-corrected chi connectivity index (χ2v) is 24.9. The summed E-state index contributed by atoms with van der Waals surface area (Å²) in [5, 5.41) is 23.4. The lowest BCUT2D eigenvalue weighted by Crippen LogP contribution is -2.45. The fourth-order valence-electron chi connectivity index (χ4n) is 11.7. The number of aliphatic hydroxyl groups is 2. The summed E-state index contributed by atoms with van der Waals surface area (Å²) in [6.07, 6.45) is 81.6. The molecule has 3 N–H and O–H groups in total. The molecule has 6 heteroatoms. The minimum Gasteiger partial charge on any atom is -0.466 e. The van der Waals surface area contributed by atoms with Gasteiger partial charge < -0.3 is 20.3 Å². The minimum atomic E-state index is -0.661. The van der Waals surface area contributed by atoms with Crippen molar-refractivity contribution in [3.8, 4) is 0 Å². The van der Waals surface area contributed by atoms with Crippen molar-refractivity contribution >= 4 is 11.9 Å². The monoisotopic (exact) mass is 1090 g/mol. The van der Waals surface area contributed by atoms with E-state index in [1.165, 1.54) is 347 Å². The number of hydrogen-bond acceptors (Lipinski definition) is 5. The summed E-state index contributed by atoms with van der Waals surface area (Å²) < 4.78 is 5.51. The highest BCUT2D eigenvalue weighted by Gasteiger charge is 2.20. The van der Waals surface area contributed by atoms with Crippen LogP contribution in [0.25, 0.3) is 0 Å². The Kier molecular flexibility index (Phi) is 66.4. The third-order valence-corrected chi connectivity index (χ3v) is 17.2. The Hall–Kier alpha value is -1.14. The zero-order valence-corrected chi connectivity index (χ0v) is 52.7. The molecule has 0 aliphatic heterocycles. The van der Waals surface area contributed by atoms with Crippen LogP contribution >= 0.6 is 0 Å². The van der Waals surface area contributed by atoms with E-state index in [2.05, 4.69) is 19.2 Å². The molecule has 1 amide bonds. The average Bonchev–Trinajstić information content (AvgIpc) is 3.43. The zero-order chi connectivity index (χ0) is 55.7. The summed E-state index contributed by atoms with van der Waals surface area (Å²) in [7, 11) is 0. The quantitative estimate of drug-likeness (QED) is 0.0417. The number of amides is 1. The van der Waals surface area contributed by atoms with E-state index in [0.29, 0.717) is 25.9 Å². The van der Waals surface area contributed by atoms with Gasteiger partial charge in [0.2, 0.25) is 5.91 Å². The molecule has 0 aromatic heterocycles. The maximum absolute atomic E-state index is 12.5. The van der Waals surface area contributed by atoms with Gasteiger partial charge in [0, 0.05) is 12.8 Å². The van der Waals surface area contributed by atoms with Crippen molar-refractivity contribution in [2.75, 3.05) is 13.2 Å². The lowest BCUT2D eigenvalue weighted by molar-refractivity contribution is -0.143. The molecule has 0 rings (SSSR count). The van der Waals surface area contributed by atoms with Gasteiger partial charge in [-0.05, 0) is 25.7 Å². The van der Waals surface area contributed by atoms with Gasteiger partial charge in [-0.25, -0.2) is 0 Å². The van der Waals surface area contributed by atoms with Crippen molar-refractivity contribution in [3.05, 3.63) is 0 Å². The number of hydrogen-bond donors (Lipinski definition) is 3. The van der Waals surface area contributed by atoms with Crippen molar-refractivity contribution in [3.63, 3.8) is 0 Å². The summed E-state index contributed by atoms with van der Waals surface area (Å²) in [5.74, 6) is -0.00462. The third kappa shape index (κ3) is 63.9. The predicted molar refractivity (Wildman–Crippen MR) is 338 cm³/mol. The van der Waals surface area contributed by atoms with Crippen LogP contribution in [0.2, 0.25) is 0 Å². The Balaban J connectivity index is 3.32. The van der Waals surface area contributed by atoms with Crippen LogP contribution in [0.1, 0.15) is 418 Å². The van der Waals surface area contributed by atoms with Crippen LogP contribution in [0.5, 0.6) is 0 Å². The van der Waals surface area contributed by atoms with Crippen LogP contribution in [-0.4, -0.2) is 47.4 Å². The molecule has 0 saturated carbocycles. The Bertz CT molecular complexity index is 1120.